The van der Waals surface area contributed by atoms with Gasteiger partial charge in [-0.05, 0) is 42.8 Å². The number of halogens is 2. The molecule has 0 aliphatic carbocycles. The van der Waals surface area contributed by atoms with Gasteiger partial charge in [0.15, 0.2) is 0 Å². The Morgan fingerprint density at radius 3 is 2.62 bits per heavy atom. The minimum absolute atomic E-state index is 0. The van der Waals surface area contributed by atoms with Gasteiger partial charge in [0, 0.05) is 18.0 Å². The lowest BCUT2D eigenvalue weighted by Gasteiger charge is -2.22. The van der Waals surface area contributed by atoms with Gasteiger partial charge < -0.3 is 5.73 Å². The Hall–Kier alpha value is 0.0200. The van der Waals surface area contributed by atoms with E-state index in [4.69, 9.17) is 17.3 Å². The van der Waals surface area contributed by atoms with E-state index < -0.39 is 10.0 Å². The van der Waals surface area contributed by atoms with Crippen LogP contribution in [0.25, 0.3) is 0 Å². The third kappa shape index (κ3) is 3.86. The summed E-state index contributed by atoms with van der Waals surface area (Å²) in [4.78, 5) is 1.13. The summed E-state index contributed by atoms with van der Waals surface area (Å²) in [5.41, 5.74) is 5.60. The maximum Gasteiger partial charge on any atom is 0.243 e. The molecule has 1 aromatic rings. The van der Waals surface area contributed by atoms with Crippen molar-refractivity contribution in [2.24, 2.45) is 11.1 Å². The molecule has 21 heavy (non-hydrogen) atoms. The third-order valence-corrected chi connectivity index (χ3v) is 6.84. The van der Waals surface area contributed by atoms with Crippen LogP contribution in [0.2, 0.25) is 5.02 Å². The van der Waals surface area contributed by atoms with E-state index in [1.807, 2.05) is 13.2 Å². The maximum atomic E-state index is 12.6. The summed E-state index contributed by atoms with van der Waals surface area (Å²) < 4.78 is 26.7. The molecule has 0 spiro atoms. The molecule has 0 radical (unpaired) electrons. The van der Waals surface area contributed by atoms with Crippen LogP contribution in [0.15, 0.2) is 28.0 Å². The van der Waals surface area contributed by atoms with E-state index in [0.29, 0.717) is 24.7 Å². The average molecular weight is 371 g/mol. The smallest absolute Gasteiger partial charge is 0.243 e. The van der Waals surface area contributed by atoms with Crippen molar-refractivity contribution in [3.8, 4) is 0 Å². The van der Waals surface area contributed by atoms with Gasteiger partial charge in [0.1, 0.15) is 0 Å². The number of hydrogen-bond donors (Lipinski definition) is 1. The minimum atomic E-state index is -3.48. The molecule has 0 aromatic heterocycles. The van der Waals surface area contributed by atoms with Crippen molar-refractivity contribution in [3.63, 3.8) is 0 Å². The largest absolute Gasteiger partial charge is 0.330 e. The molecule has 4 nitrogen and oxygen atoms in total. The van der Waals surface area contributed by atoms with Gasteiger partial charge in [-0.3, -0.25) is 0 Å². The predicted molar refractivity (Wildman–Crippen MR) is 91.0 cm³/mol. The highest BCUT2D eigenvalue weighted by Crippen LogP contribution is 2.34. The molecule has 2 rings (SSSR count). The van der Waals surface area contributed by atoms with E-state index in [0.717, 1.165) is 11.3 Å². The number of hydrogen-bond acceptors (Lipinski definition) is 4. The molecule has 120 valence electrons. The molecule has 0 saturated carbocycles. The highest BCUT2D eigenvalue weighted by molar-refractivity contribution is 7.98. The van der Waals surface area contributed by atoms with Crippen LogP contribution in [0.5, 0.6) is 0 Å². The highest BCUT2D eigenvalue weighted by Gasteiger charge is 2.39. The zero-order chi connectivity index (χ0) is 15.0. The fourth-order valence-corrected chi connectivity index (χ4v) is 4.86. The van der Waals surface area contributed by atoms with Crippen LogP contribution in [-0.4, -0.2) is 38.6 Å². The van der Waals surface area contributed by atoms with E-state index in [2.05, 4.69) is 0 Å². The first kappa shape index (κ1) is 19.1. The standard InChI is InChI=1S/C13H19ClN2O2S2.ClH/c1-13(8-15)5-6-16(9-13)20(17,18)10-3-4-12(19-2)11(14)7-10;/h3-4,7H,5-6,8-9,15H2,1-2H3;1H. The van der Waals surface area contributed by atoms with Crippen molar-refractivity contribution in [3.05, 3.63) is 23.2 Å². The van der Waals surface area contributed by atoms with Gasteiger partial charge in [0.2, 0.25) is 10.0 Å². The van der Waals surface area contributed by atoms with Crippen LogP contribution >= 0.6 is 35.8 Å². The lowest BCUT2D eigenvalue weighted by molar-refractivity contribution is 0.349. The molecular weight excluding hydrogens is 351 g/mol. The average Bonchev–Trinajstić information content (AvgIpc) is 2.83. The Labute approximate surface area is 141 Å². The second-order valence-corrected chi connectivity index (χ2v) is 8.59. The second kappa shape index (κ2) is 7.06. The van der Waals surface area contributed by atoms with Gasteiger partial charge in [-0.15, -0.1) is 24.2 Å². The van der Waals surface area contributed by atoms with Crippen LogP contribution in [0.1, 0.15) is 13.3 Å². The molecule has 8 heteroatoms. The number of thioether (sulfide) groups is 1. The van der Waals surface area contributed by atoms with Gasteiger partial charge in [-0.2, -0.15) is 4.31 Å². The summed E-state index contributed by atoms with van der Waals surface area (Å²) in [5.74, 6) is 0. The SMILES string of the molecule is CSc1ccc(S(=O)(=O)N2CCC(C)(CN)C2)cc1Cl.Cl. The van der Waals surface area contributed by atoms with Crippen molar-refractivity contribution in [1.29, 1.82) is 0 Å². The fraction of sp³-hybridized carbons (Fsp3) is 0.538. The summed E-state index contributed by atoms with van der Waals surface area (Å²) in [6.07, 6.45) is 2.70. The van der Waals surface area contributed by atoms with Gasteiger partial charge >= 0.3 is 0 Å². The molecule has 1 aromatic carbocycles. The zero-order valence-corrected chi connectivity index (χ0v) is 15.2. The van der Waals surface area contributed by atoms with Crippen molar-refractivity contribution in [1.82, 2.24) is 4.31 Å². The normalized spacial score (nSPS) is 23.0. The van der Waals surface area contributed by atoms with Gasteiger partial charge in [-0.1, -0.05) is 18.5 Å². The molecular formula is C13H20Cl2N2O2S2. The molecule has 2 N–H and O–H groups in total. The van der Waals surface area contributed by atoms with E-state index >= 15 is 0 Å². The Morgan fingerprint density at radius 1 is 1.48 bits per heavy atom. The summed E-state index contributed by atoms with van der Waals surface area (Å²) >= 11 is 7.60. The molecule has 1 aliphatic heterocycles. The van der Waals surface area contributed by atoms with E-state index in [1.165, 1.54) is 22.1 Å². The Bertz CT molecular complexity index is 610. The van der Waals surface area contributed by atoms with Gasteiger partial charge in [0.25, 0.3) is 0 Å². The highest BCUT2D eigenvalue weighted by atomic mass is 35.5. The van der Waals surface area contributed by atoms with Crippen LogP contribution in [0, 0.1) is 5.41 Å². The van der Waals surface area contributed by atoms with Gasteiger partial charge in [0.05, 0.1) is 9.92 Å². The molecule has 1 atom stereocenters. The number of rotatable bonds is 4. The van der Waals surface area contributed by atoms with E-state index in [1.54, 1.807) is 12.1 Å². The number of benzene rings is 1. The maximum absolute atomic E-state index is 12.6. The van der Waals surface area contributed by atoms with Crippen LogP contribution in [-0.2, 0) is 10.0 Å². The predicted octanol–water partition coefficient (Wildman–Crippen LogP) is 2.84. The summed E-state index contributed by atoms with van der Waals surface area (Å²) in [5, 5.41) is 0.472. The van der Waals surface area contributed by atoms with Crippen LogP contribution in [0.3, 0.4) is 0 Å². The van der Waals surface area contributed by atoms with Crippen molar-refractivity contribution < 1.29 is 8.42 Å². The number of nitrogens with two attached hydrogens (primary N) is 1. The van der Waals surface area contributed by atoms with Crippen molar-refractivity contribution in [2.45, 2.75) is 23.1 Å². The molecule has 1 saturated heterocycles. The Morgan fingerprint density at radius 2 is 2.14 bits per heavy atom. The molecule has 0 bridgehead atoms. The topological polar surface area (TPSA) is 63.4 Å². The number of nitrogens with zero attached hydrogens (tertiary/aromatic N) is 1. The van der Waals surface area contributed by atoms with Crippen molar-refractivity contribution >= 4 is 45.8 Å². The molecule has 1 unspecified atom stereocenters. The molecule has 1 heterocycles. The monoisotopic (exact) mass is 370 g/mol. The molecule has 1 fully saturated rings. The Kier molecular flexibility index (Phi) is 6.41. The summed E-state index contributed by atoms with van der Waals surface area (Å²) in [6.45, 7) is 3.49. The lowest BCUT2D eigenvalue weighted by atomic mass is 9.90. The first-order valence-corrected chi connectivity index (χ1v) is 9.40. The van der Waals surface area contributed by atoms with E-state index in [9.17, 15) is 8.42 Å². The van der Waals surface area contributed by atoms with Crippen LogP contribution in [0.4, 0.5) is 0 Å². The third-order valence-electron chi connectivity index (χ3n) is 3.78. The fourth-order valence-electron chi connectivity index (χ4n) is 2.31. The minimum Gasteiger partial charge on any atom is -0.330 e. The number of sulfonamides is 1. The summed E-state index contributed by atoms with van der Waals surface area (Å²) in [7, 11) is -3.48. The second-order valence-electron chi connectivity index (χ2n) is 5.40. The van der Waals surface area contributed by atoms with Crippen LogP contribution < -0.4 is 5.73 Å². The first-order chi connectivity index (χ1) is 9.32. The zero-order valence-electron chi connectivity index (χ0n) is 12.0. The van der Waals surface area contributed by atoms with E-state index in [-0.39, 0.29) is 22.7 Å². The van der Waals surface area contributed by atoms with Crippen molar-refractivity contribution in [2.75, 3.05) is 25.9 Å². The quantitative estimate of drug-likeness (QED) is 0.827. The molecule has 0 amide bonds. The molecule has 1 aliphatic rings. The Balaban J connectivity index is 0.00000220. The first-order valence-electron chi connectivity index (χ1n) is 6.36. The lowest BCUT2D eigenvalue weighted by Crippen LogP contribution is -2.34. The van der Waals surface area contributed by atoms with Gasteiger partial charge in [-0.25, -0.2) is 8.42 Å². The summed E-state index contributed by atoms with van der Waals surface area (Å²) in [6, 6.07) is 4.89.